The van der Waals surface area contributed by atoms with E-state index in [1.807, 2.05) is 30.2 Å². The van der Waals surface area contributed by atoms with E-state index >= 15 is 4.39 Å². The van der Waals surface area contributed by atoms with Gasteiger partial charge in [-0.2, -0.15) is 0 Å². The zero-order valence-corrected chi connectivity index (χ0v) is 24.0. The molecule has 0 atom stereocenters. The normalized spacial score (nSPS) is 16.9. The summed E-state index contributed by atoms with van der Waals surface area (Å²) in [6.45, 7) is 11.3. The van der Waals surface area contributed by atoms with Gasteiger partial charge in [-0.25, -0.2) is 28.7 Å². The van der Waals surface area contributed by atoms with Crippen LogP contribution in [0.15, 0.2) is 30.5 Å². The zero-order valence-electron chi connectivity index (χ0n) is 24.0. The smallest absolute Gasteiger partial charge is 0.255 e. The molecule has 4 aromatic rings. The van der Waals surface area contributed by atoms with Crippen molar-refractivity contribution in [3.63, 3.8) is 0 Å². The first-order valence-electron chi connectivity index (χ1n) is 14.0. The zero-order chi connectivity index (χ0) is 29.1. The molecule has 1 spiro atoms. The number of carbonyl (C=O) groups excluding carboxylic acids is 1. The first-order valence-corrected chi connectivity index (χ1v) is 14.0. The molecular weight excluding hydrogens is 526 g/mol. The van der Waals surface area contributed by atoms with Gasteiger partial charge in [0.1, 0.15) is 22.9 Å². The fourth-order valence-corrected chi connectivity index (χ4v) is 6.43. The number of fused-ring (bicyclic) bond motifs is 1. The van der Waals surface area contributed by atoms with Crippen LogP contribution in [0.1, 0.15) is 54.6 Å². The summed E-state index contributed by atoms with van der Waals surface area (Å²) in [7, 11) is 2.13. The van der Waals surface area contributed by atoms with E-state index < -0.39 is 11.6 Å². The average Bonchev–Trinajstić information content (AvgIpc) is 3.26. The van der Waals surface area contributed by atoms with E-state index in [-0.39, 0.29) is 34.7 Å². The molecule has 3 aromatic heterocycles. The highest BCUT2D eigenvalue weighted by Gasteiger charge is 2.43. The van der Waals surface area contributed by atoms with Crippen LogP contribution in [0.2, 0.25) is 0 Å². The predicted molar refractivity (Wildman–Crippen MR) is 153 cm³/mol. The lowest BCUT2D eigenvalue weighted by Gasteiger charge is -2.52. The van der Waals surface area contributed by atoms with Gasteiger partial charge in [-0.3, -0.25) is 4.79 Å². The molecule has 0 unspecified atom stereocenters. The van der Waals surface area contributed by atoms with Gasteiger partial charge in [-0.1, -0.05) is 0 Å². The van der Waals surface area contributed by atoms with E-state index in [0.717, 1.165) is 45.2 Å². The number of imidazole rings is 1. The van der Waals surface area contributed by atoms with Gasteiger partial charge in [0.05, 0.1) is 23.0 Å². The number of piperidine rings is 1. The predicted octanol–water partition coefficient (Wildman–Crippen LogP) is 5.28. The van der Waals surface area contributed by atoms with E-state index in [0.29, 0.717) is 33.8 Å². The van der Waals surface area contributed by atoms with Gasteiger partial charge in [-0.05, 0) is 77.3 Å². The summed E-state index contributed by atoms with van der Waals surface area (Å²) >= 11 is 0. The lowest BCUT2D eigenvalue weighted by molar-refractivity contribution is -0.0269. The minimum absolute atomic E-state index is 0.0160. The fourth-order valence-electron chi connectivity index (χ4n) is 6.43. The van der Waals surface area contributed by atoms with Crippen LogP contribution < -0.4 is 5.32 Å². The van der Waals surface area contributed by atoms with Crippen LogP contribution >= 0.6 is 0 Å². The maximum absolute atomic E-state index is 15.0. The van der Waals surface area contributed by atoms with Crippen molar-refractivity contribution in [1.82, 2.24) is 34.3 Å². The molecule has 9 nitrogen and oxygen atoms in total. The van der Waals surface area contributed by atoms with E-state index in [2.05, 4.69) is 37.2 Å². The van der Waals surface area contributed by atoms with Gasteiger partial charge < -0.3 is 19.7 Å². The molecule has 0 aliphatic carbocycles. The van der Waals surface area contributed by atoms with Crippen LogP contribution in [0.25, 0.3) is 22.3 Å². The second kappa shape index (κ2) is 10.1. The molecule has 41 heavy (non-hydrogen) atoms. The van der Waals surface area contributed by atoms with E-state index in [1.54, 1.807) is 25.1 Å². The number of hydrogen-bond acceptors (Lipinski definition) is 7. The quantitative estimate of drug-likeness (QED) is 0.355. The molecule has 1 N–H and O–H groups in total. The number of rotatable bonds is 5. The summed E-state index contributed by atoms with van der Waals surface area (Å²) in [6.07, 6.45) is 3.09. The highest BCUT2D eigenvalue weighted by Crippen LogP contribution is 2.39. The average molecular weight is 561 g/mol. The number of nitrogens with one attached hydrogen (secondary N) is 1. The Morgan fingerprint density at radius 3 is 2.41 bits per heavy atom. The number of pyridine rings is 1. The van der Waals surface area contributed by atoms with Gasteiger partial charge in [-0.15, -0.1) is 0 Å². The van der Waals surface area contributed by atoms with Crippen LogP contribution in [-0.2, 0) is 0 Å². The van der Waals surface area contributed by atoms with E-state index in [1.165, 1.54) is 6.07 Å². The second-order valence-electron chi connectivity index (χ2n) is 11.8. The molecule has 2 fully saturated rings. The van der Waals surface area contributed by atoms with E-state index in [4.69, 9.17) is 0 Å². The van der Waals surface area contributed by atoms with Crippen LogP contribution in [0.4, 0.5) is 20.5 Å². The highest BCUT2D eigenvalue weighted by atomic mass is 19.1. The lowest BCUT2D eigenvalue weighted by Crippen LogP contribution is -2.59. The Kier molecular flexibility index (Phi) is 6.72. The number of halogens is 2. The van der Waals surface area contributed by atoms with Gasteiger partial charge in [0.2, 0.25) is 5.95 Å². The van der Waals surface area contributed by atoms with Crippen molar-refractivity contribution in [2.75, 3.05) is 38.5 Å². The van der Waals surface area contributed by atoms with Crippen molar-refractivity contribution in [3.05, 3.63) is 59.2 Å². The van der Waals surface area contributed by atoms with E-state index in [9.17, 15) is 9.18 Å². The number of amides is 1. The SMILES string of the molecule is Cc1nc(Nc2ncc(F)c(-c3cc(F)c4nc(C)n(C(C)C)c4c3)n2)ccc1C(=O)N1CCC2(CC1)CN(C)C2. The number of benzene rings is 1. The Bertz CT molecular complexity index is 1650. The van der Waals surface area contributed by atoms with Crippen molar-refractivity contribution >= 4 is 28.7 Å². The van der Waals surface area contributed by atoms with Crippen molar-refractivity contribution in [3.8, 4) is 11.3 Å². The number of nitrogens with zero attached hydrogens (tertiary/aromatic N) is 7. The Hall–Kier alpha value is -3.99. The summed E-state index contributed by atoms with van der Waals surface area (Å²) in [5.41, 5.74) is 2.55. The molecule has 2 aliphatic rings. The standard InChI is InChI=1S/C30H34F2N8O/c1-17(2)40-19(4)35-27-22(31)12-20(13-24(27)40)26-23(32)14-33-29(37-26)36-25-7-6-21(18(3)34-25)28(41)39-10-8-30(9-11-39)15-38(5)16-30/h6-7,12-14,17H,8-11,15-16H2,1-5H3,(H,33,34,36,37). The number of hydrogen-bond donors (Lipinski definition) is 1. The highest BCUT2D eigenvalue weighted by molar-refractivity contribution is 5.95. The molecule has 1 amide bonds. The topological polar surface area (TPSA) is 92.1 Å². The molecule has 11 heteroatoms. The fraction of sp³-hybridized carbons (Fsp3) is 0.433. The minimum atomic E-state index is -0.677. The van der Waals surface area contributed by atoms with Crippen molar-refractivity contribution in [1.29, 1.82) is 0 Å². The third-order valence-corrected chi connectivity index (χ3v) is 8.34. The number of anilines is 2. The summed E-state index contributed by atoms with van der Waals surface area (Å²) < 4.78 is 31.8. The van der Waals surface area contributed by atoms with Gasteiger partial charge in [0.25, 0.3) is 5.91 Å². The monoisotopic (exact) mass is 560 g/mol. The van der Waals surface area contributed by atoms with Crippen LogP contribution in [-0.4, -0.2) is 73.4 Å². The van der Waals surface area contributed by atoms with Crippen molar-refractivity contribution < 1.29 is 13.6 Å². The molecule has 0 bridgehead atoms. The molecule has 2 saturated heterocycles. The first-order chi connectivity index (χ1) is 19.5. The summed E-state index contributed by atoms with van der Waals surface area (Å²) in [5.74, 6) is -0.0411. The Morgan fingerprint density at radius 1 is 1.02 bits per heavy atom. The lowest BCUT2D eigenvalue weighted by atomic mass is 9.72. The molecular formula is C30H34F2N8O. The largest absolute Gasteiger partial charge is 0.339 e. The molecule has 6 rings (SSSR count). The van der Waals surface area contributed by atoms with Crippen molar-refractivity contribution in [2.24, 2.45) is 5.41 Å². The third-order valence-electron chi connectivity index (χ3n) is 8.34. The van der Waals surface area contributed by atoms with Crippen LogP contribution in [0, 0.1) is 30.9 Å². The van der Waals surface area contributed by atoms with Gasteiger partial charge in [0, 0.05) is 37.8 Å². The number of likely N-dealkylation sites (tertiary alicyclic amines) is 2. The molecule has 2 aliphatic heterocycles. The maximum atomic E-state index is 15.0. The summed E-state index contributed by atoms with van der Waals surface area (Å²) in [4.78, 5) is 34.8. The molecule has 5 heterocycles. The summed E-state index contributed by atoms with van der Waals surface area (Å²) in [6, 6.07) is 6.42. The number of aryl methyl sites for hydroxylation is 2. The first kappa shape index (κ1) is 27.2. The van der Waals surface area contributed by atoms with Crippen LogP contribution in [0.5, 0.6) is 0 Å². The molecule has 0 radical (unpaired) electrons. The van der Waals surface area contributed by atoms with Gasteiger partial charge in [0.15, 0.2) is 11.6 Å². The maximum Gasteiger partial charge on any atom is 0.255 e. The Balaban J connectivity index is 1.22. The minimum Gasteiger partial charge on any atom is -0.339 e. The van der Waals surface area contributed by atoms with Crippen LogP contribution in [0.3, 0.4) is 0 Å². The molecule has 1 aromatic carbocycles. The Morgan fingerprint density at radius 2 is 1.76 bits per heavy atom. The third kappa shape index (κ3) is 4.92. The Labute approximate surface area is 237 Å². The number of aromatic nitrogens is 5. The van der Waals surface area contributed by atoms with Gasteiger partial charge >= 0.3 is 0 Å². The number of carbonyl (C=O) groups is 1. The summed E-state index contributed by atoms with van der Waals surface area (Å²) in [5, 5.41) is 3.00. The molecule has 214 valence electrons. The second-order valence-corrected chi connectivity index (χ2v) is 11.8. The molecule has 0 saturated carbocycles. The van der Waals surface area contributed by atoms with Crippen molar-refractivity contribution in [2.45, 2.75) is 46.6 Å².